The molecule has 0 radical (unpaired) electrons. The third-order valence-corrected chi connectivity index (χ3v) is 6.33. The van der Waals surface area contributed by atoms with Crippen LogP contribution in [0.2, 0.25) is 15.1 Å². The Bertz CT molecular complexity index is 1220. The van der Waals surface area contributed by atoms with Gasteiger partial charge in [0.1, 0.15) is 17.2 Å². The lowest BCUT2D eigenvalue weighted by atomic mass is 10.1. The number of aromatic amines is 1. The van der Waals surface area contributed by atoms with Crippen LogP contribution in [0.25, 0.3) is 0 Å². The number of benzene rings is 1. The number of hydrogen-bond acceptors (Lipinski definition) is 7. The van der Waals surface area contributed by atoms with Crippen molar-refractivity contribution in [2.24, 2.45) is 0 Å². The van der Waals surface area contributed by atoms with Crippen molar-refractivity contribution >= 4 is 40.7 Å². The Balaban J connectivity index is 1.68. The maximum absolute atomic E-state index is 14.8. The van der Waals surface area contributed by atoms with Crippen molar-refractivity contribution in [3.63, 3.8) is 0 Å². The van der Waals surface area contributed by atoms with E-state index in [9.17, 15) is 23.9 Å². The summed E-state index contributed by atoms with van der Waals surface area (Å²) in [6, 6.07) is 1.35. The average Bonchev–Trinajstić information content (AvgIpc) is 3.08. The monoisotopic (exact) mass is 553 g/mol. The van der Waals surface area contributed by atoms with Crippen molar-refractivity contribution in [2.75, 3.05) is 13.7 Å². The molecule has 1 aliphatic heterocycles. The first-order valence-electron chi connectivity index (χ1n) is 10.5. The fourth-order valence-corrected chi connectivity index (χ4v) is 4.50. The zero-order valence-electron chi connectivity index (χ0n) is 18.8. The Morgan fingerprint density at radius 1 is 1.31 bits per heavy atom. The summed E-state index contributed by atoms with van der Waals surface area (Å²) in [5.74, 6) is -0.552. The van der Waals surface area contributed by atoms with Crippen molar-refractivity contribution in [2.45, 2.75) is 51.0 Å². The van der Waals surface area contributed by atoms with Gasteiger partial charge in [-0.25, -0.2) is 9.18 Å². The fraction of sp³-hybridized carbons (Fsp3) is 0.476. The number of H-pyrrole nitrogens is 1. The van der Waals surface area contributed by atoms with E-state index in [0.29, 0.717) is 6.42 Å². The van der Waals surface area contributed by atoms with Gasteiger partial charge in [-0.3, -0.25) is 19.1 Å². The number of aromatic nitrogens is 2. The molecule has 1 amide bonds. The number of halogens is 4. The average molecular weight is 555 g/mol. The SMILES string of the molecule is CCc1cn([C@@H]2O[C@H](CNC(=O)[C@H](C)Oc3c(Cl)cc(Cl)c(OC)c3Cl)[C@@H](O)[C@H]2F)c(=O)[nH]c1=O. The molecule has 0 spiro atoms. The first-order chi connectivity index (χ1) is 16.5. The predicted molar refractivity (Wildman–Crippen MR) is 127 cm³/mol. The summed E-state index contributed by atoms with van der Waals surface area (Å²) in [4.78, 5) is 38.6. The molecule has 1 fully saturated rings. The van der Waals surface area contributed by atoms with Gasteiger partial charge >= 0.3 is 5.69 Å². The molecule has 192 valence electrons. The minimum Gasteiger partial charge on any atom is -0.493 e. The van der Waals surface area contributed by atoms with Gasteiger partial charge < -0.3 is 24.6 Å². The van der Waals surface area contributed by atoms with E-state index in [-0.39, 0.29) is 38.7 Å². The zero-order chi connectivity index (χ0) is 26.0. The Kier molecular flexibility index (Phi) is 8.71. The molecule has 0 unspecified atom stereocenters. The lowest BCUT2D eigenvalue weighted by molar-refractivity contribution is -0.128. The molecule has 5 atom stereocenters. The number of alkyl halides is 1. The van der Waals surface area contributed by atoms with Crippen LogP contribution in [-0.2, 0) is 16.0 Å². The van der Waals surface area contributed by atoms with Gasteiger partial charge in [0.25, 0.3) is 11.5 Å². The van der Waals surface area contributed by atoms with E-state index in [0.717, 1.165) is 4.57 Å². The van der Waals surface area contributed by atoms with E-state index >= 15 is 0 Å². The molecule has 2 heterocycles. The van der Waals surface area contributed by atoms with Gasteiger partial charge in [-0.2, -0.15) is 0 Å². The summed E-state index contributed by atoms with van der Waals surface area (Å²) < 4.78 is 31.8. The Hall–Kier alpha value is -2.31. The molecule has 2 aromatic rings. The highest BCUT2D eigenvalue weighted by atomic mass is 35.5. The van der Waals surface area contributed by atoms with Crippen LogP contribution in [0.15, 0.2) is 21.9 Å². The van der Waals surface area contributed by atoms with E-state index in [1.807, 2.05) is 0 Å². The predicted octanol–water partition coefficient (Wildman–Crippen LogP) is 2.25. The van der Waals surface area contributed by atoms with Gasteiger partial charge in [-0.1, -0.05) is 41.7 Å². The summed E-state index contributed by atoms with van der Waals surface area (Å²) in [5, 5.41) is 12.9. The summed E-state index contributed by atoms with van der Waals surface area (Å²) in [6.07, 6.45) is -5.93. The largest absolute Gasteiger partial charge is 0.493 e. The molecule has 0 bridgehead atoms. The van der Waals surface area contributed by atoms with Crippen molar-refractivity contribution < 1.29 is 28.5 Å². The van der Waals surface area contributed by atoms with Gasteiger partial charge in [0.15, 0.2) is 30.0 Å². The number of ether oxygens (including phenoxy) is 3. The van der Waals surface area contributed by atoms with Crippen LogP contribution >= 0.6 is 34.8 Å². The fourth-order valence-electron chi connectivity index (χ4n) is 3.49. The molecule has 0 saturated carbocycles. The number of carbonyl (C=O) groups is 1. The molecule has 1 saturated heterocycles. The summed E-state index contributed by atoms with van der Waals surface area (Å²) >= 11 is 18.3. The van der Waals surface area contributed by atoms with Crippen molar-refractivity contribution in [1.29, 1.82) is 0 Å². The van der Waals surface area contributed by atoms with Gasteiger partial charge in [-0.15, -0.1) is 0 Å². The molecule has 35 heavy (non-hydrogen) atoms. The second-order valence-electron chi connectivity index (χ2n) is 7.70. The molecule has 1 aromatic carbocycles. The highest BCUT2D eigenvalue weighted by Gasteiger charge is 2.45. The van der Waals surface area contributed by atoms with Crippen LogP contribution in [0.3, 0.4) is 0 Å². The van der Waals surface area contributed by atoms with Gasteiger partial charge in [0.2, 0.25) is 0 Å². The first-order valence-corrected chi connectivity index (χ1v) is 11.6. The van der Waals surface area contributed by atoms with E-state index in [1.165, 1.54) is 26.3 Å². The third kappa shape index (κ3) is 5.59. The van der Waals surface area contributed by atoms with Crippen molar-refractivity contribution in [3.8, 4) is 11.5 Å². The lowest BCUT2D eigenvalue weighted by Gasteiger charge is -2.20. The zero-order valence-corrected chi connectivity index (χ0v) is 21.1. The maximum Gasteiger partial charge on any atom is 0.330 e. The van der Waals surface area contributed by atoms with Gasteiger partial charge in [0, 0.05) is 18.3 Å². The number of nitrogens with one attached hydrogen (secondary N) is 2. The number of aryl methyl sites for hydroxylation is 1. The number of carbonyl (C=O) groups excluding carboxylic acids is 1. The van der Waals surface area contributed by atoms with Crippen LogP contribution in [0.4, 0.5) is 4.39 Å². The summed E-state index contributed by atoms with van der Waals surface area (Å²) in [5.41, 5.74) is -1.22. The third-order valence-electron chi connectivity index (χ3n) is 5.42. The number of aliphatic hydroxyl groups excluding tert-OH is 1. The maximum atomic E-state index is 14.8. The number of amides is 1. The van der Waals surface area contributed by atoms with Crippen LogP contribution in [-0.4, -0.2) is 58.7 Å². The highest BCUT2D eigenvalue weighted by Crippen LogP contribution is 2.45. The first kappa shape index (κ1) is 27.3. The van der Waals surface area contributed by atoms with Gasteiger partial charge in [-0.05, 0) is 19.4 Å². The molecule has 1 aliphatic rings. The molecule has 10 nitrogen and oxygen atoms in total. The molecule has 3 N–H and O–H groups in total. The second-order valence-corrected chi connectivity index (χ2v) is 8.89. The van der Waals surface area contributed by atoms with Crippen LogP contribution < -0.4 is 26.0 Å². The Morgan fingerprint density at radius 3 is 2.60 bits per heavy atom. The van der Waals surface area contributed by atoms with Crippen LogP contribution in [0, 0.1) is 0 Å². The standard InChI is InChI=1S/C21H23Cl3FN3O7/c1-4-9-7-28(21(32)27-19(9)31)20-14(25)15(29)12(35-20)6-26-18(30)8(2)34-17-11(23)5-10(22)16(33-3)13(17)24/h5,7-8,12,14-15,20,29H,4,6H2,1-3H3,(H,26,30)(H,27,31,32)/t8-,12+,14+,15+,20+/m0/s1. The second kappa shape index (κ2) is 11.2. The normalized spacial score (nSPS) is 22.6. The number of methoxy groups -OCH3 is 1. The van der Waals surface area contributed by atoms with E-state index in [2.05, 4.69) is 10.3 Å². The lowest BCUT2D eigenvalue weighted by Crippen LogP contribution is -2.43. The number of nitrogens with zero attached hydrogens (tertiary/aromatic N) is 1. The van der Waals surface area contributed by atoms with Crippen molar-refractivity contribution in [3.05, 3.63) is 53.7 Å². The molecule has 14 heteroatoms. The van der Waals surface area contributed by atoms with Crippen molar-refractivity contribution in [1.82, 2.24) is 14.9 Å². The molecule has 0 aliphatic carbocycles. The van der Waals surface area contributed by atoms with Crippen LogP contribution in [0.1, 0.15) is 25.6 Å². The number of aliphatic hydroxyl groups is 1. The minimum atomic E-state index is -1.99. The minimum absolute atomic E-state index is 0.0255. The molecular weight excluding hydrogens is 532 g/mol. The topological polar surface area (TPSA) is 132 Å². The molecule has 1 aromatic heterocycles. The Labute approximate surface area is 213 Å². The van der Waals surface area contributed by atoms with E-state index in [4.69, 9.17) is 49.0 Å². The quantitative estimate of drug-likeness (QED) is 0.456. The summed E-state index contributed by atoms with van der Waals surface area (Å²) in [7, 11) is 1.35. The molecular formula is C21H23Cl3FN3O7. The summed E-state index contributed by atoms with van der Waals surface area (Å²) in [6.45, 7) is 2.81. The number of rotatable bonds is 8. The van der Waals surface area contributed by atoms with E-state index < -0.39 is 47.9 Å². The highest BCUT2D eigenvalue weighted by molar-refractivity contribution is 6.42. The van der Waals surface area contributed by atoms with E-state index in [1.54, 1.807) is 6.92 Å². The molecule has 3 rings (SSSR count). The smallest absolute Gasteiger partial charge is 0.330 e. The van der Waals surface area contributed by atoms with Crippen LogP contribution in [0.5, 0.6) is 11.5 Å². The Morgan fingerprint density at radius 2 is 1.97 bits per heavy atom. The van der Waals surface area contributed by atoms with Gasteiger partial charge in [0.05, 0.1) is 17.2 Å². The number of hydrogen-bond donors (Lipinski definition) is 3.